The normalized spacial score (nSPS) is 14.6. The first kappa shape index (κ1) is 21.8. The number of imidazole rings is 1. The van der Waals surface area contributed by atoms with Crippen LogP contribution in [-0.2, 0) is 6.54 Å². The van der Waals surface area contributed by atoms with E-state index in [9.17, 15) is 14.9 Å². The Kier molecular flexibility index (Phi) is 5.61. The van der Waals surface area contributed by atoms with E-state index < -0.39 is 4.92 Å². The van der Waals surface area contributed by atoms with Crippen LogP contribution in [0.15, 0.2) is 48.5 Å². The summed E-state index contributed by atoms with van der Waals surface area (Å²) in [4.78, 5) is 33.9. The molecular weight excluding hydrogens is 432 g/mol. The molecule has 1 fully saturated rings. The zero-order valence-corrected chi connectivity index (χ0v) is 19.2. The number of carbonyl (C=O) groups is 1. The van der Waals surface area contributed by atoms with Gasteiger partial charge in [0.05, 0.1) is 22.5 Å². The van der Waals surface area contributed by atoms with Crippen LogP contribution in [0.1, 0.15) is 51.9 Å². The van der Waals surface area contributed by atoms with Crippen molar-refractivity contribution in [2.45, 2.75) is 39.2 Å². The van der Waals surface area contributed by atoms with Gasteiger partial charge in [-0.3, -0.25) is 19.6 Å². The molecule has 34 heavy (non-hydrogen) atoms. The van der Waals surface area contributed by atoms with Gasteiger partial charge in [0.1, 0.15) is 17.2 Å². The number of hydrogen-bond acceptors (Lipinski definition) is 5. The number of piperidine rings is 1. The minimum Gasteiger partial charge on any atom is -0.342 e. The summed E-state index contributed by atoms with van der Waals surface area (Å²) in [5, 5.41) is 15.5. The minimum absolute atomic E-state index is 0.0244. The number of para-hydroxylation sites is 2. The standard InChI is InChI=1S/C25H26N6O3/c1-16-23(31(33)34)17(2)30(28-16)15-18-7-9-20(10-8-18)25(32)29-13-11-19(12-14-29)24-26-21-5-3-4-6-22(21)27-24/h3-10,19H,11-15H2,1-2H3,(H,26,27). The minimum atomic E-state index is -0.396. The molecule has 174 valence electrons. The molecule has 2 aromatic heterocycles. The van der Waals surface area contributed by atoms with Crippen molar-refractivity contribution in [3.05, 3.63) is 87.0 Å². The van der Waals surface area contributed by atoms with Crippen molar-refractivity contribution in [3.63, 3.8) is 0 Å². The smallest absolute Gasteiger partial charge is 0.312 e. The first-order valence-electron chi connectivity index (χ1n) is 11.4. The molecule has 0 aliphatic carbocycles. The van der Waals surface area contributed by atoms with Crippen molar-refractivity contribution in [2.24, 2.45) is 0 Å². The number of nitro groups is 1. The number of likely N-dealkylation sites (tertiary alicyclic amines) is 1. The number of nitrogens with one attached hydrogen (secondary N) is 1. The van der Waals surface area contributed by atoms with Gasteiger partial charge in [-0.05, 0) is 56.5 Å². The molecule has 0 saturated carbocycles. The highest BCUT2D eigenvalue weighted by Crippen LogP contribution is 2.28. The molecule has 0 atom stereocenters. The van der Waals surface area contributed by atoms with Gasteiger partial charge in [0.25, 0.3) is 5.91 Å². The van der Waals surface area contributed by atoms with Gasteiger partial charge in [-0.15, -0.1) is 0 Å². The zero-order valence-electron chi connectivity index (χ0n) is 19.2. The van der Waals surface area contributed by atoms with Crippen molar-refractivity contribution >= 4 is 22.6 Å². The number of aryl methyl sites for hydroxylation is 1. The highest BCUT2D eigenvalue weighted by molar-refractivity contribution is 5.94. The summed E-state index contributed by atoms with van der Waals surface area (Å²) in [6, 6.07) is 15.4. The van der Waals surface area contributed by atoms with Crippen molar-refractivity contribution in [1.82, 2.24) is 24.6 Å². The van der Waals surface area contributed by atoms with Gasteiger partial charge >= 0.3 is 5.69 Å². The van der Waals surface area contributed by atoms with E-state index in [4.69, 9.17) is 4.98 Å². The highest BCUT2D eigenvalue weighted by atomic mass is 16.6. The summed E-state index contributed by atoms with van der Waals surface area (Å²) < 4.78 is 1.63. The molecule has 9 heteroatoms. The second-order valence-corrected chi connectivity index (χ2v) is 8.84. The van der Waals surface area contributed by atoms with Crippen molar-refractivity contribution in [1.29, 1.82) is 0 Å². The van der Waals surface area contributed by atoms with Gasteiger partial charge in [-0.25, -0.2) is 4.98 Å². The number of fused-ring (bicyclic) bond motifs is 1. The van der Waals surface area contributed by atoms with Gasteiger partial charge in [-0.2, -0.15) is 5.10 Å². The van der Waals surface area contributed by atoms with Crippen molar-refractivity contribution < 1.29 is 9.72 Å². The molecule has 9 nitrogen and oxygen atoms in total. The van der Waals surface area contributed by atoms with E-state index >= 15 is 0 Å². The fourth-order valence-corrected chi connectivity index (χ4v) is 4.74. The molecule has 1 saturated heterocycles. The van der Waals surface area contributed by atoms with E-state index in [1.807, 2.05) is 53.4 Å². The van der Waals surface area contributed by atoms with Gasteiger partial charge in [-0.1, -0.05) is 24.3 Å². The number of carbonyl (C=O) groups excluding carboxylic acids is 1. The highest BCUT2D eigenvalue weighted by Gasteiger charge is 2.26. The molecule has 4 aromatic rings. The summed E-state index contributed by atoms with van der Waals surface area (Å²) in [5.41, 5.74) is 4.58. The van der Waals surface area contributed by atoms with Crippen molar-refractivity contribution in [3.8, 4) is 0 Å². The number of amides is 1. The second kappa shape index (κ2) is 8.74. The Bertz CT molecular complexity index is 1330. The van der Waals surface area contributed by atoms with E-state index in [1.54, 1.807) is 18.5 Å². The summed E-state index contributed by atoms with van der Waals surface area (Å²) in [7, 11) is 0. The largest absolute Gasteiger partial charge is 0.342 e. The zero-order chi connectivity index (χ0) is 23.8. The Morgan fingerprint density at radius 2 is 1.82 bits per heavy atom. The third-order valence-corrected chi connectivity index (χ3v) is 6.64. The Morgan fingerprint density at radius 3 is 2.47 bits per heavy atom. The fraction of sp³-hybridized carbons (Fsp3) is 0.320. The molecule has 0 spiro atoms. The van der Waals surface area contributed by atoms with Crippen LogP contribution in [0.4, 0.5) is 5.69 Å². The number of nitrogens with zero attached hydrogens (tertiary/aromatic N) is 5. The topological polar surface area (TPSA) is 110 Å². The van der Waals surface area contributed by atoms with Gasteiger partial charge < -0.3 is 9.88 Å². The predicted molar refractivity (Wildman–Crippen MR) is 128 cm³/mol. The number of benzene rings is 2. The maximum absolute atomic E-state index is 13.0. The van der Waals surface area contributed by atoms with Crippen LogP contribution in [0.5, 0.6) is 0 Å². The van der Waals surface area contributed by atoms with Gasteiger partial charge in [0.15, 0.2) is 0 Å². The lowest BCUT2D eigenvalue weighted by Crippen LogP contribution is -2.38. The van der Waals surface area contributed by atoms with Crippen LogP contribution >= 0.6 is 0 Å². The average Bonchev–Trinajstić information content (AvgIpc) is 3.39. The molecule has 1 amide bonds. The molecule has 1 N–H and O–H groups in total. The third-order valence-electron chi connectivity index (χ3n) is 6.64. The number of rotatable bonds is 5. The van der Waals surface area contributed by atoms with Crippen LogP contribution in [-0.4, -0.2) is 48.6 Å². The summed E-state index contributed by atoms with van der Waals surface area (Å²) in [6.07, 6.45) is 1.75. The lowest BCUT2D eigenvalue weighted by atomic mass is 9.95. The lowest BCUT2D eigenvalue weighted by molar-refractivity contribution is -0.386. The first-order chi connectivity index (χ1) is 16.4. The molecule has 1 aliphatic heterocycles. The van der Waals surface area contributed by atoms with E-state index in [0.717, 1.165) is 35.3 Å². The Hall–Kier alpha value is -4.01. The lowest BCUT2D eigenvalue weighted by Gasteiger charge is -2.31. The molecule has 0 bridgehead atoms. The van der Waals surface area contributed by atoms with Crippen LogP contribution < -0.4 is 0 Å². The summed E-state index contributed by atoms with van der Waals surface area (Å²) in [5.74, 6) is 1.35. The number of aromatic nitrogens is 4. The Morgan fingerprint density at radius 1 is 1.12 bits per heavy atom. The molecule has 0 radical (unpaired) electrons. The second-order valence-electron chi connectivity index (χ2n) is 8.84. The van der Waals surface area contributed by atoms with E-state index in [2.05, 4.69) is 10.1 Å². The fourth-order valence-electron chi connectivity index (χ4n) is 4.74. The van der Waals surface area contributed by atoms with Crippen LogP contribution in [0.25, 0.3) is 11.0 Å². The van der Waals surface area contributed by atoms with Gasteiger partial charge in [0, 0.05) is 24.6 Å². The van der Waals surface area contributed by atoms with E-state index in [1.165, 1.54) is 0 Å². The maximum atomic E-state index is 13.0. The molecule has 5 rings (SSSR count). The first-order valence-corrected chi connectivity index (χ1v) is 11.4. The van der Waals surface area contributed by atoms with Crippen molar-refractivity contribution in [2.75, 3.05) is 13.1 Å². The maximum Gasteiger partial charge on any atom is 0.312 e. The number of H-pyrrole nitrogens is 1. The van der Waals surface area contributed by atoms with E-state index in [0.29, 0.717) is 42.5 Å². The predicted octanol–water partition coefficient (Wildman–Crippen LogP) is 4.35. The van der Waals surface area contributed by atoms with Crippen LogP contribution in [0.2, 0.25) is 0 Å². The average molecular weight is 459 g/mol. The third kappa shape index (κ3) is 4.05. The number of hydrogen-bond donors (Lipinski definition) is 1. The summed E-state index contributed by atoms with van der Waals surface area (Å²) in [6.45, 7) is 5.14. The molecule has 2 aromatic carbocycles. The quantitative estimate of drug-likeness (QED) is 0.353. The molecular formula is C25H26N6O3. The number of aromatic amines is 1. The SMILES string of the molecule is Cc1nn(Cc2ccc(C(=O)N3CCC(c4nc5ccccc5[nH]4)CC3)cc2)c(C)c1[N+](=O)[O-]. The van der Waals surface area contributed by atoms with Crippen LogP contribution in [0, 0.1) is 24.0 Å². The molecule has 0 unspecified atom stereocenters. The van der Waals surface area contributed by atoms with Crippen LogP contribution in [0.3, 0.4) is 0 Å². The van der Waals surface area contributed by atoms with Gasteiger partial charge in [0.2, 0.25) is 0 Å². The van der Waals surface area contributed by atoms with E-state index in [-0.39, 0.29) is 11.6 Å². The Labute approximate surface area is 196 Å². The molecule has 1 aliphatic rings. The summed E-state index contributed by atoms with van der Waals surface area (Å²) >= 11 is 0. The molecule has 3 heterocycles. The monoisotopic (exact) mass is 458 g/mol. The Balaban J connectivity index is 1.22.